The molecule has 0 aliphatic rings. The first kappa shape index (κ1) is 22.0. The normalized spacial score (nSPS) is 12.3. The minimum absolute atomic E-state index is 0.251. The van der Waals surface area contributed by atoms with Crippen LogP contribution in [0, 0.1) is 0 Å². The topological polar surface area (TPSA) is 75.7 Å². The smallest absolute Gasteiger partial charge is 0.241 e. The minimum Gasteiger partial charge on any atom is -0.495 e. The lowest BCUT2D eigenvalue weighted by molar-refractivity contribution is -0.120. The van der Waals surface area contributed by atoms with Gasteiger partial charge in [0.15, 0.2) is 0 Å². The van der Waals surface area contributed by atoms with Gasteiger partial charge in [-0.1, -0.05) is 42.8 Å². The number of methoxy groups -OCH3 is 1. The molecule has 0 heterocycles. The first-order valence-electron chi connectivity index (χ1n) is 8.85. The number of nitrogens with zero attached hydrogens (tertiary/aromatic N) is 1. The van der Waals surface area contributed by atoms with E-state index in [9.17, 15) is 13.2 Å². The van der Waals surface area contributed by atoms with Crippen molar-refractivity contribution < 1.29 is 17.9 Å². The summed E-state index contributed by atoms with van der Waals surface area (Å²) >= 11 is 6.10. The summed E-state index contributed by atoms with van der Waals surface area (Å²) in [5.41, 5.74) is 2.45. The summed E-state index contributed by atoms with van der Waals surface area (Å²) in [4.78, 5) is 12.5. The van der Waals surface area contributed by atoms with Crippen molar-refractivity contribution in [1.29, 1.82) is 0 Å². The standard InChI is InChI=1S/C20H25ClN2O4S/c1-5-15-6-8-16(9-7-15)14(2)22-20(24)13-23(28(4,25)26)17-10-11-19(27-3)18(21)12-17/h6-12,14H,5,13H2,1-4H3,(H,22,24). The maximum atomic E-state index is 12.5. The van der Waals surface area contributed by atoms with Crippen molar-refractivity contribution in [2.75, 3.05) is 24.2 Å². The molecule has 1 N–H and O–H groups in total. The second-order valence-corrected chi connectivity index (χ2v) is 8.79. The second-order valence-electron chi connectivity index (χ2n) is 6.47. The van der Waals surface area contributed by atoms with E-state index in [4.69, 9.17) is 16.3 Å². The van der Waals surface area contributed by atoms with Crippen LogP contribution in [0.3, 0.4) is 0 Å². The van der Waals surface area contributed by atoms with E-state index in [1.54, 1.807) is 12.1 Å². The van der Waals surface area contributed by atoms with Crippen LogP contribution >= 0.6 is 11.6 Å². The quantitative estimate of drug-likeness (QED) is 0.703. The Morgan fingerprint density at radius 1 is 1.21 bits per heavy atom. The van der Waals surface area contributed by atoms with E-state index in [0.29, 0.717) is 11.4 Å². The number of amides is 1. The summed E-state index contributed by atoms with van der Waals surface area (Å²) in [5, 5.41) is 3.10. The third-order valence-electron chi connectivity index (χ3n) is 4.38. The van der Waals surface area contributed by atoms with Crippen LogP contribution in [0.4, 0.5) is 5.69 Å². The molecule has 28 heavy (non-hydrogen) atoms. The van der Waals surface area contributed by atoms with Gasteiger partial charge in [-0.25, -0.2) is 8.42 Å². The molecule has 0 aliphatic carbocycles. The highest BCUT2D eigenvalue weighted by atomic mass is 35.5. The van der Waals surface area contributed by atoms with Gasteiger partial charge in [0.2, 0.25) is 15.9 Å². The molecule has 1 atom stereocenters. The highest BCUT2D eigenvalue weighted by Crippen LogP contribution is 2.30. The Morgan fingerprint density at radius 2 is 1.86 bits per heavy atom. The van der Waals surface area contributed by atoms with E-state index in [1.807, 2.05) is 31.2 Å². The zero-order valence-corrected chi connectivity index (χ0v) is 18.0. The SMILES string of the molecule is CCc1ccc(C(C)NC(=O)CN(c2ccc(OC)c(Cl)c2)S(C)(=O)=O)cc1. The number of anilines is 1. The van der Waals surface area contributed by atoms with Crippen molar-refractivity contribution in [2.45, 2.75) is 26.3 Å². The molecule has 1 amide bonds. The average Bonchev–Trinajstić information content (AvgIpc) is 2.65. The summed E-state index contributed by atoms with van der Waals surface area (Å²) < 4.78 is 30.6. The molecule has 2 rings (SSSR count). The number of halogens is 1. The fourth-order valence-electron chi connectivity index (χ4n) is 2.75. The lowest BCUT2D eigenvalue weighted by atomic mass is 10.1. The Labute approximate surface area is 171 Å². The maximum absolute atomic E-state index is 12.5. The van der Waals surface area contributed by atoms with E-state index in [1.165, 1.54) is 18.7 Å². The molecular formula is C20H25ClN2O4S. The Bertz CT molecular complexity index is 930. The van der Waals surface area contributed by atoms with Crippen LogP contribution < -0.4 is 14.4 Å². The van der Waals surface area contributed by atoms with Crippen molar-refractivity contribution in [3.63, 3.8) is 0 Å². The van der Waals surface area contributed by atoms with Crippen LogP contribution in [0.5, 0.6) is 5.75 Å². The van der Waals surface area contributed by atoms with E-state index in [-0.39, 0.29) is 17.6 Å². The van der Waals surface area contributed by atoms with Crippen molar-refractivity contribution in [1.82, 2.24) is 5.32 Å². The van der Waals surface area contributed by atoms with E-state index in [0.717, 1.165) is 22.5 Å². The first-order valence-corrected chi connectivity index (χ1v) is 11.1. The summed E-state index contributed by atoms with van der Waals surface area (Å²) in [6.45, 7) is 3.58. The van der Waals surface area contributed by atoms with Crippen molar-refractivity contribution in [2.24, 2.45) is 0 Å². The molecule has 0 saturated carbocycles. The predicted molar refractivity (Wildman–Crippen MR) is 113 cm³/mol. The van der Waals surface area contributed by atoms with E-state index < -0.39 is 15.9 Å². The van der Waals surface area contributed by atoms with Gasteiger partial charge in [-0.05, 0) is 42.7 Å². The van der Waals surface area contributed by atoms with Crippen LogP contribution in [-0.4, -0.2) is 34.2 Å². The maximum Gasteiger partial charge on any atom is 0.241 e. The summed E-state index contributed by atoms with van der Waals surface area (Å²) in [6, 6.07) is 12.3. The molecule has 8 heteroatoms. The predicted octanol–water partition coefficient (Wildman–Crippen LogP) is 3.55. The molecule has 0 aromatic heterocycles. The van der Waals surface area contributed by atoms with Gasteiger partial charge in [0.25, 0.3) is 0 Å². The Hall–Kier alpha value is -2.25. The molecule has 0 fully saturated rings. The zero-order valence-electron chi connectivity index (χ0n) is 16.4. The zero-order chi connectivity index (χ0) is 20.9. The molecule has 152 valence electrons. The fourth-order valence-corrected chi connectivity index (χ4v) is 3.85. The van der Waals surface area contributed by atoms with Gasteiger partial charge < -0.3 is 10.1 Å². The number of benzene rings is 2. The van der Waals surface area contributed by atoms with Gasteiger partial charge in [0.05, 0.1) is 30.1 Å². The molecular weight excluding hydrogens is 400 g/mol. The Morgan fingerprint density at radius 3 is 2.36 bits per heavy atom. The van der Waals surface area contributed by atoms with Crippen LogP contribution in [0.15, 0.2) is 42.5 Å². The number of carbonyl (C=O) groups is 1. The number of rotatable bonds is 8. The van der Waals surface area contributed by atoms with Crippen LogP contribution in [-0.2, 0) is 21.2 Å². The van der Waals surface area contributed by atoms with Crippen molar-refractivity contribution >= 4 is 33.2 Å². The molecule has 2 aromatic carbocycles. The number of aryl methyl sites for hydroxylation is 1. The van der Waals surface area contributed by atoms with Crippen molar-refractivity contribution in [3.05, 3.63) is 58.6 Å². The van der Waals surface area contributed by atoms with Crippen molar-refractivity contribution in [3.8, 4) is 5.75 Å². The summed E-state index contributed by atoms with van der Waals surface area (Å²) in [7, 11) is -2.22. The Balaban J connectivity index is 2.15. The Kier molecular flexibility index (Phi) is 7.32. The van der Waals surface area contributed by atoms with Gasteiger partial charge in [-0.15, -0.1) is 0 Å². The summed E-state index contributed by atoms with van der Waals surface area (Å²) in [6.07, 6.45) is 1.99. The molecule has 2 aromatic rings. The number of hydrogen-bond acceptors (Lipinski definition) is 4. The highest BCUT2D eigenvalue weighted by molar-refractivity contribution is 7.92. The lowest BCUT2D eigenvalue weighted by Gasteiger charge is -2.24. The van der Waals surface area contributed by atoms with Gasteiger partial charge in [0, 0.05) is 0 Å². The van der Waals surface area contributed by atoms with Crippen LogP contribution in [0.25, 0.3) is 0 Å². The molecule has 0 spiro atoms. The molecule has 0 radical (unpaired) electrons. The van der Waals surface area contributed by atoms with Crippen LogP contribution in [0.2, 0.25) is 5.02 Å². The molecule has 6 nitrogen and oxygen atoms in total. The monoisotopic (exact) mass is 424 g/mol. The molecule has 1 unspecified atom stereocenters. The van der Waals surface area contributed by atoms with Crippen LogP contribution in [0.1, 0.15) is 31.0 Å². The number of sulfonamides is 1. The van der Waals surface area contributed by atoms with Gasteiger partial charge in [-0.3, -0.25) is 9.10 Å². The van der Waals surface area contributed by atoms with E-state index >= 15 is 0 Å². The second kappa shape index (κ2) is 9.30. The summed E-state index contributed by atoms with van der Waals surface area (Å²) in [5.74, 6) is 0.0110. The number of carbonyl (C=O) groups excluding carboxylic acids is 1. The third kappa shape index (κ3) is 5.62. The van der Waals surface area contributed by atoms with Gasteiger partial charge in [0.1, 0.15) is 12.3 Å². The number of ether oxygens (including phenoxy) is 1. The lowest BCUT2D eigenvalue weighted by Crippen LogP contribution is -2.41. The highest BCUT2D eigenvalue weighted by Gasteiger charge is 2.22. The molecule has 0 bridgehead atoms. The third-order valence-corrected chi connectivity index (χ3v) is 5.81. The molecule has 0 saturated heterocycles. The van der Waals surface area contributed by atoms with Gasteiger partial charge >= 0.3 is 0 Å². The first-order chi connectivity index (χ1) is 13.2. The van der Waals surface area contributed by atoms with Gasteiger partial charge in [-0.2, -0.15) is 0 Å². The number of hydrogen-bond donors (Lipinski definition) is 1. The fraction of sp³-hybridized carbons (Fsp3) is 0.350. The van der Waals surface area contributed by atoms with E-state index in [2.05, 4.69) is 12.2 Å². The average molecular weight is 425 g/mol. The number of nitrogens with one attached hydrogen (secondary N) is 1. The molecule has 0 aliphatic heterocycles. The minimum atomic E-state index is -3.69. The largest absolute Gasteiger partial charge is 0.495 e.